The van der Waals surface area contributed by atoms with Crippen LogP contribution in [-0.4, -0.2) is 86.7 Å². The smallest absolute Gasteiger partial charge is 0.389 e. The predicted molar refractivity (Wildman–Crippen MR) is 144 cm³/mol. The molecule has 0 unspecified atom stereocenters. The topological polar surface area (TPSA) is 125 Å². The number of carbonyl (C=O) groups is 2. The van der Waals surface area contributed by atoms with E-state index in [9.17, 15) is 36.3 Å². The van der Waals surface area contributed by atoms with Crippen LogP contribution in [0.15, 0.2) is 47.4 Å². The number of alkyl halides is 3. The first-order chi connectivity index (χ1) is 19.2. The highest BCUT2D eigenvalue weighted by molar-refractivity contribution is 7.89. The summed E-state index contributed by atoms with van der Waals surface area (Å²) in [7, 11) is -1.04. The van der Waals surface area contributed by atoms with Crippen LogP contribution in [0.25, 0.3) is 0 Å². The van der Waals surface area contributed by atoms with E-state index in [0.717, 1.165) is 4.31 Å². The van der Waals surface area contributed by atoms with E-state index in [1.807, 2.05) is 0 Å². The van der Waals surface area contributed by atoms with Gasteiger partial charge >= 0.3 is 6.18 Å². The number of fused-ring (bicyclic) bond motifs is 1. The van der Waals surface area contributed by atoms with Gasteiger partial charge in [-0.2, -0.15) is 17.5 Å². The van der Waals surface area contributed by atoms with Crippen LogP contribution in [0, 0.1) is 5.92 Å². The third-order valence-corrected chi connectivity index (χ3v) is 8.63. The zero-order valence-corrected chi connectivity index (χ0v) is 24.0. The van der Waals surface area contributed by atoms with E-state index in [1.54, 1.807) is 13.8 Å². The van der Waals surface area contributed by atoms with Gasteiger partial charge in [-0.3, -0.25) is 9.59 Å². The molecule has 2 amide bonds. The van der Waals surface area contributed by atoms with Gasteiger partial charge in [0.2, 0.25) is 15.9 Å². The average molecular weight is 602 g/mol. The lowest BCUT2D eigenvalue weighted by molar-refractivity contribution is -0.142. The van der Waals surface area contributed by atoms with Crippen LogP contribution in [0.2, 0.25) is 0 Å². The van der Waals surface area contributed by atoms with Crippen molar-refractivity contribution in [2.24, 2.45) is 5.92 Å². The fourth-order valence-corrected chi connectivity index (χ4v) is 5.46. The number of methoxy groups -OCH3 is 1. The Morgan fingerprint density at radius 2 is 1.90 bits per heavy atom. The van der Waals surface area contributed by atoms with Crippen molar-refractivity contribution in [2.75, 3.05) is 39.2 Å². The SMILES string of the molecule is COc1ccc(S(=O)(=O)N(C)C[C@@H]2Oc3ccc(NC(=O)CCC(F)(F)F)cc3C(=O)N([C@@H](C)CO)C[C@H]2C)cc1. The highest BCUT2D eigenvalue weighted by atomic mass is 32.2. The summed E-state index contributed by atoms with van der Waals surface area (Å²) in [6.45, 7) is 3.12. The number of amides is 2. The number of benzene rings is 2. The number of anilines is 1. The number of ether oxygens (including phenoxy) is 2. The van der Waals surface area contributed by atoms with Gasteiger partial charge in [0.1, 0.15) is 17.6 Å². The van der Waals surface area contributed by atoms with Crippen LogP contribution in [-0.2, 0) is 14.8 Å². The number of nitrogens with one attached hydrogen (secondary N) is 1. The lowest BCUT2D eigenvalue weighted by atomic mass is 9.99. The van der Waals surface area contributed by atoms with Crippen molar-refractivity contribution in [3.8, 4) is 11.5 Å². The number of sulfonamides is 1. The van der Waals surface area contributed by atoms with Crippen LogP contribution in [0.5, 0.6) is 11.5 Å². The molecule has 1 heterocycles. The standard InChI is InChI=1S/C27H34F3N3O7S/c1-17-14-33(18(2)16-34)26(36)22-13-19(31-25(35)11-12-27(28,29)30)5-10-23(22)40-24(17)15-32(3)41(37,38)21-8-6-20(39-4)7-9-21/h5-10,13,17-18,24,34H,11-12,14-16H2,1-4H3,(H,31,35)/t17-,18+,24+/m1/s1. The lowest BCUT2D eigenvalue weighted by Crippen LogP contribution is -2.50. The molecule has 1 aliphatic rings. The quantitative estimate of drug-likeness (QED) is 0.427. The van der Waals surface area contributed by atoms with Crippen LogP contribution >= 0.6 is 0 Å². The molecule has 14 heteroatoms. The zero-order valence-electron chi connectivity index (χ0n) is 23.1. The number of carbonyl (C=O) groups excluding carboxylic acids is 2. The number of aliphatic hydroxyl groups excluding tert-OH is 1. The molecule has 226 valence electrons. The zero-order chi connectivity index (χ0) is 30.5. The van der Waals surface area contributed by atoms with Gasteiger partial charge in [-0.05, 0) is 49.4 Å². The number of nitrogens with zero attached hydrogens (tertiary/aromatic N) is 2. The van der Waals surface area contributed by atoms with Gasteiger partial charge in [0.05, 0.1) is 43.2 Å². The Morgan fingerprint density at radius 1 is 1.24 bits per heavy atom. The maximum atomic E-state index is 13.5. The van der Waals surface area contributed by atoms with Gasteiger partial charge in [0.15, 0.2) is 0 Å². The Morgan fingerprint density at radius 3 is 2.49 bits per heavy atom. The Kier molecular flexibility index (Phi) is 10.3. The molecule has 3 atom stereocenters. The molecule has 10 nitrogen and oxygen atoms in total. The van der Waals surface area contributed by atoms with Crippen molar-refractivity contribution >= 4 is 27.5 Å². The van der Waals surface area contributed by atoms with Crippen LogP contribution in [0.3, 0.4) is 0 Å². The van der Waals surface area contributed by atoms with Crippen molar-refractivity contribution in [2.45, 2.75) is 49.9 Å². The number of aliphatic hydroxyl groups is 1. The molecule has 2 aromatic rings. The van der Waals surface area contributed by atoms with Gasteiger partial charge in [0.25, 0.3) is 5.91 Å². The molecule has 0 aromatic heterocycles. The average Bonchev–Trinajstić information content (AvgIpc) is 2.93. The normalized spacial score (nSPS) is 18.7. The lowest BCUT2D eigenvalue weighted by Gasteiger charge is -2.38. The van der Waals surface area contributed by atoms with Gasteiger partial charge in [-0.15, -0.1) is 0 Å². The summed E-state index contributed by atoms with van der Waals surface area (Å²) in [6, 6.07) is 9.39. The second-order valence-corrected chi connectivity index (χ2v) is 12.0. The molecule has 0 spiro atoms. The summed E-state index contributed by atoms with van der Waals surface area (Å²) in [5.74, 6) is -1.17. The highest BCUT2D eigenvalue weighted by Gasteiger charge is 2.35. The van der Waals surface area contributed by atoms with Crippen LogP contribution in [0.4, 0.5) is 18.9 Å². The number of halogens is 3. The van der Waals surface area contributed by atoms with Gasteiger partial charge in [0, 0.05) is 31.6 Å². The first-order valence-electron chi connectivity index (χ1n) is 12.9. The molecule has 2 aromatic carbocycles. The maximum absolute atomic E-state index is 13.5. The molecule has 0 saturated heterocycles. The van der Waals surface area contributed by atoms with E-state index in [4.69, 9.17) is 9.47 Å². The van der Waals surface area contributed by atoms with E-state index >= 15 is 0 Å². The predicted octanol–water partition coefficient (Wildman–Crippen LogP) is 3.52. The third kappa shape index (κ3) is 8.11. The van der Waals surface area contributed by atoms with E-state index in [2.05, 4.69) is 5.32 Å². The van der Waals surface area contributed by atoms with Crippen molar-refractivity contribution < 1.29 is 45.8 Å². The molecule has 0 bridgehead atoms. The largest absolute Gasteiger partial charge is 0.497 e. The van der Waals surface area contributed by atoms with Gasteiger partial charge in [-0.1, -0.05) is 6.92 Å². The molecule has 0 radical (unpaired) electrons. The first kappa shape index (κ1) is 32.2. The van der Waals surface area contributed by atoms with Gasteiger partial charge < -0.3 is 24.8 Å². The Labute approximate surface area is 237 Å². The highest BCUT2D eigenvalue weighted by Crippen LogP contribution is 2.31. The molecule has 0 saturated carbocycles. The van der Waals surface area contributed by atoms with Crippen molar-refractivity contribution in [3.63, 3.8) is 0 Å². The number of hydrogen-bond donors (Lipinski definition) is 2. The molecule has 2 N–H and O–H groups in total. The summed E-state index contributed by atoms with van der Waals surface area (Å²) >= 11 is 0. The van der Waals surface area contributed by atoms with Crippen molar-refractivity contribution in [1.82, 2.24) is 9.21 Å². The Bertz CT molecular complexity index is 1340. The molecule has 3 rings (SSSR count). The number of likely N-dealkylation sites (N-methyl/N-ethyl adjacent to an activating group) is 1. The maximum Gasteiger partial charge on any atom is 0.389 e. The van der Waals surface area contributed by atoms with Gasteiger partial charge in [-0.25, -0.2) is 8.42 Å². The minimum atomic E-state index is -4.49. The number of rotatable bonds is 10. The fraction of sp³-hybridized carbons (Fsp3) is 0.481. The van der Waals surface area contributed by atoms with E-state index in [-0.39, 0.29) is 47.5 Å². The molecule has 1 aliphatic heterocycles. The van der Waals surface area contributed by atoms with Crippen LogP contribution in [0.1, 0.15) is 37.0 Å². The van der Waals surface area contributed by atoms with Crippen LogP contribution < -0.4 is 14.8 Å². The summed E-state index contributed by atoms with van der Waals surface area (Å²) in [4.78, 5) is 27.1. The third-order valence-electron chi connectivity index (χ3n) is 6.79. The van der Waals surface area contributed by atoms with Crippen molar-refractivity contribution in [1.29, 1.82) is 0 Å². The Balaban J connectivity index is 1.90. The van der Waals surface area contributed by atoms with E-state index in [0.29, 0.717) is 5.75 Å². The summed E-state index contributed by atoms with van der Waals surface area (Å²) in [5.41, 5.74) is 0.102. The molecule has 0 fully saturated rings. The molecule has 0 aliphatic carbocycles. The molecular formula is C27H34F3N3O7S. The van der Waals surface area contributed by atoms with E-state index in [1.165, 1.54) is 61.5 Å². The second-order valence-electron chi connectivity index (χ2n) is 9.96. The second kappa shape index (κ2) is 13.1. The summed E-state index contributed by atoms with van der Waals surface area (Å²) < 4.78 is 76.5. The minimum absolute atomic E-state index is 0.0106. The fourth-order valence-electron chi connectivity index (χ4n) is 4.28. The Hall–Kier alpha value is -3.36. The molecular weight excluding hydrogens is 567 g/mol. The summed E-state index contributed by atoms with van der Waals surface area (Å²) in [6.07, 6.45) is -7.30. The monoisotopic (exact) mass is 601 g/mol. The first-order valence-corrected chi connectivity index (χ1v) is 14.3. The number of hydrogen-bond acceptors (Lipinski definition) is 7. The molecule has 41 heavy (non-hydrogen) atoms. The minimum Gasteiger partial charge on any atom is -0.497 e. The van der Waals surface area contributed by atoms with Crippen molar-refractivity contribution in [3.05, 3.63) is 48.0 Å². The van der Waals surface area contributed by atoms with E-state index < -0.39 is 53.0 Å². The summed E-state index contributed by atoms with van der Waals surface area (Å²) in [5, 5.41) is 12.2.